The summed E-state index contributed by atoms with van der Waals surface area (Å²) in [5.41, 5.74) is 3.39. The number of likely N-dealkylation sites (tertiary alicyclic amines) is 1. The van der Waals surface area contributed by atoms with Crippen molar-refractivity contribution in [3.05, 3.63) is 41.3 Å². The Kier molecular flexibility index (Phi) is 4.06. The van der Waals surface area contributed by atoms with Gasteiger partial charge in [0, 0.05) is 6.42 Å². The number of nitrogens with zero attached hydrogens (tertiary/aromatic N) is 4. The Morgan fingerprint density at radius 2 is 2.25 bits per heavy atom. The number of imidazole rings is 1. The van der Waals surface area contributed by atoms with Gasteiger partial charge in [0.2, 0.25) is 5.89 Å². The van der Waals surface area contributed by atoms with E-state index in [4.69, 9.17) is 9.51 Å². The summed E-state index contributed by atoms with van der Waals surface area (Å²) >= 11 is 0. The summed E-state index contributed by atoms with van der Waals surface area (Å²) in [7, 11) is 0. The number of aromatic amines is 1. The summed E-state index contributed by atoms with van der Waals surface area (Å²) in [5.74, 6) is 2.56. The molecular weight excluding hydrogens is 302 g/mol. The number of fused-ring (bicyclic) bond motifs is 1. The van der Waals surface area contributed by atoms with Crippen LogP contribution in [0.15, 0.2) is 22.7 Å². The molecule has 6 nitrogen and oxygen atoms in total. The van der Waals surface area contributed by atoms with Crippen LogP contribution in [-0.2, 0) is 13.0 Å². The molecule has 0 saturated carbocycles. The molecule has 3 heterocycles. The van der Waals surface area contributed by atoms with Crippen LogP contribution in [0.5, 0.6) is 0 Å². The van der Waals surface area contributed by atoms with Gasteiger partial charge in [-0.3, -0.25) is 4.90 Å². The van der Waals surface area contributed by atoms with E-state index in [9.17, 15) is 0 Å². The number of nitrogens with one attached hydrogen (secondary N) is 1. The third-order valence-corrected chi connectivity index (χ3v) is 4.66. The molecule has 1 aliphatic rings. The minimum atomic E-state index is 0.291. The highest BCUT2D eigenvalue weighted by Gasteiger charge is 2.29. The second kappa shape index (κ2) is 6.36. The van der Waals surface area contributed by atoms with Crippen LogP contribution in [-0.4, -0.2) is 31.6 Å². The van der Waals surface area contributed by atoms with Gasteiger partial charge in [-0.05, 0) is 50.4 Å². The lowest BCUT2D eigenvalue weighted by Crippen LogP contribution is -2.23. The van der Waals surface area contributed by atoms with E-state index < -0.39 is 0 Å². The van der Waals surface area contributed by atoms with Gasteiger partial charge in [-0.25, -0.2) is 4.98 Å². The number of rotatable bonds is 5. The molecule has 3 aromatic rings. The lowest BCUT2D eigenvalue weighted by atomic mass is 10.2. The number of hydrogen-bond acceptors (Lipinski definition) is 5. The molecule has 24 heavy (non-hydrogen) atoms. The van der Waals surface area contributed by atoms with Crippen molar-refractivity contribution in [2.24, 2.45) is 0 Å². The highest BCUT2D eigenvalue weighted by molar-refractivity contribution is 5.75. The molecule has 1 unspecified atom stereocenters. The summed E-state index contributed by atoms with van der Waals surface area (Å²) < 4.78 is 5.40. The fourth-order valence-corrected chi connectivity index (χ4v) is 3.48. The second-order valence-electron chi connectivity index (χ2n) is 6.63. The average molecular weight is 325 g/mol. The van der Waals surface area contributed by atoms with Crippen molar-refractivity contribution in [1.82, 2.24) is 25.0 Å². The summed E-state index contributed by atoms with van der Waals surface area (Å²) in [6.07, 6.45) is 4.17. The van der Waals surface area contributed by atoms with Crippen LogP contribution in [0.4, 0.5) is 0 Å². The lowest BCUT2D eigenvalue weighted by molar-refractivity contribution is 0.207. The van der Waals surface area contributed by atoms with Crippen molar-refractivity contribution in [2.45, 2.75) is 52.1 Å². The van der Waals surface area contributed by atoms with E-state index in [0.717, 1.165) is 54.9 Å². The Bertz CT molecular complexity index is 837. The Morgan fingerprint density at radius 3 is 3.12 bits per heavy atom. The highest BCUT2D eigenvalue weighted by Crippen LogP contribution is 2.32. The summed E-state index contributed by atoms with van der Waals surface area (Å²) in [5, 5.41) is 4.05. The van der Waals surface area contributed by atoms with Crippen LogP contribution in [0.3, 0.4) is 0 Å². The largest absolute Gasteiger partial charge is 0.341 e. The van der Waals surface area contributed by atoms with Crippen LogP contribution in [0.25, 0.3) is 11.0 Å². The first-order valence-corrected chi connectivity index (χ1v) is 8.74. The molecule has 0 spiro atoms. The molecule has 0 bridgehead atoms. The summed E-state index contributed by atoms with van der Waals surface area (Å²) in [6.45, 7) is 5.95. The van der Waals surface area contributed by atoms with Crippen molar-refractivity contribution in [2.75, 3.05) is 6.54 Å². The van der Waals surface area contributed by atoms with Crippen molar-refractivity contribution in [3.63, 3.8) is 0 Å². The highest BCUT2D eigenvalue weighted by atomic mass is 16.5. The quantitative estimate of drug-likeness (QED) is 0.777. The lowest BCUT2D eigenvalue weighted by Gasteiger charge is -2.20. The van der Waals surface area contributed by atoms with Gasteiger partial charge in [0.05, 0.1) is 23.6 Å². The van der Waals surface area contributed by atoms with Crippen molar-refractivity contribution < 1.29 is 4.52 Å². The summed E-state index contributed by atoms with van der Waals surface area (Å²) in [4.78, 5) is 15.2. The molecule has 6 heteroatoms. The molecule has 4 rings (SSSR count). The van der Waals surface area contributed by atoms with Crippen LogP contribution in [0.1, 0.15) is 55.3 Å². The molecule has 126 valence electrons. The van der Waals surface area contributed by atoms with E-state index in [2.05, 4.69) is 52.1 Å². The number of benzene rings is 1. The van der Waals surface area contributed by atoms with Crippen molar-refractivity contribution in [1.29, 1.82) is 0 Å². The number of aromatic nitrogens is 4. The Labute approximate surface area is 141 Å². The van der Waals surface area contributed by atoms with Crippen LogP contribution in [0, 0.1) is 6.92 Å². The average Bonchev–Trinajstić information content (AvgIpc) is 3.27. The van der Waals surface area contributed by atoms with Crippen LogP contribution >= 0.6 is 0 Å². The zero-order valence-electron chi connectivity index (χ0n) is 14.2. The van der Waals surface area contributed by atoms with E-state index in [1.54, 1.807) is 0 Å². The first-order chi connectivity index (χ1) is 11.7. The predicted molar refractivity (Wildman–Crippen MR) is 91.5 cm³/mol. The minimum absolute atomic E-state index is 0.291. The normalized spacial score (nSPS) is 18.7. The van der Waals surface area contributed by atoms with Gasteiger partial charge in [0.25, 0.3) is 0 Å². The third-order valence-electron chi connectivity index (χ3n) is 4.66. The van der Waals surface area contributed by atoms with E-state index in [-0.39, 0.29) is 0 Å². The van der Waals surface area contributed by atoms with Crippen LogP contribution < -0.4 is 0 Å². The fraction of sp³-hybridized carbons (Fsp3) is 0.500. The number of hydrogen-bond donors (Lipinski definition) is 1. The van der Waals surface area contributed by atoms with E-state index in [0.29, 0.717) is 18.5 Å². The van der Waals surface area contributed by atoms with Gasteiger partial charge in [0.1, 0.15) is 5.82 Å². The molecule has 1 N–H and O–H groups in total. The van der Waals surface area contributed by atoms with Gasteiger partial charge in [-0.1, -0.05) is 18.1 Å². The van der Waals surface area contributed by atoms with E-state index >= 15 is 0 Å². The Balaban J connectivity index is 1.54. The monoisotopic (exact) mass is 325 g/mol. The van der Waals surface area contributed by atoms with Crippen LogP contribution in [0.2, 0.25) is 0 Å². The second-order valence-corrected chi connectivity index (χ2v) is 6.63. The van der Waals surface area contributed by atoms with Gasteiger partial charge in [0.15, 0.2) is 5.82 Å². The Morgan fingerprint density at radius 1 is 1.33 bits per heavy atom. The molecule has 1 fully saturated rings. The number of H-pyrrole nitrogens is 1. The maximum absolute atomic E-state index is 5.40. The first-order valence-electron chi connectivity index (χ1n) is 8.74. The molecule has 0 aliphatic carbocycles. The molecule has 1 aromatic carbocycles. The minimum Gasteiger partial charge on any atom is -0.341 e. The standard InChI is InChI=1S/C18H23N5O/c1-3-5-16-21-17(24-22-16)11-23-9-4-6-15(23)18-19-13-8-7-12(2)10-14(13)20-18/h7-8,10,15H,3-6,9,11H2,1-2H3,(H,19,20). The fourth-order valence-electron chi connectivity index (χ4n) is 3.48. The molecule has 1 atom stereocenters. The zero-order chi connectivity index (χ0) is 16.5. The number of aryl methyl sites for hydroxylation is 2. The zero-order valence-corrected chi connectivity index (χ0v) is 14.2. The predicted octanol–water partition coefficient (Wildman–Crippen LogP) is 3.54. The SMILES string of the molecule is CCCc1noc(CN2CCCC2c2nc3ccc(C)cc3[nH]2)n1. The van der Waals surface area contributed by atoms with E-state index in [1.165, 1.54) is 5.56 Å². The first kappa shape index (κ1) is 15.3. The molecule has 0 radical (unpaired) electrons. The molecule has 1 aliphatic heterocycles. The topological polar surface area (TPSA) is 70.8 Å². The van der Waals surface area contributed by atoms with Gasteiger partial charge in [-0.2, -0.15) is 4.98 Å². The maximum Gasteiger partial charge on any atom is 0.240 e. The van der Waals surface area contributed by atoms with Crippen molar-refractivity contribution >= 4 is 11.0 Å². The van der Waals surface area contributed by atoms with Gasteiger partial charge < -0.3 is 9.51 Å². The summed E-state index contributed by atoms with van der Waals surface area (Å²) in [6, 6.07) is 6.63. The molecular formula is C18H23N5O. The molecule has 0 amide bonds. The smallest absolute Gasteiger partial charge is 0.240 e. The van der Waals surface area contributed by atoms with Gasteiger partial charge in [-0.15, -0.1) is 0 Å². The Hall–Kier alpha value is -2.21. The van der Waals surface area contributed by atoms with Crippen molar-refractivity contribution in [3.8, 4) is 0 Å². The van der Waals surface area contributed by atoms with Gasteiger partial charge >= 0.3 is 0 Å². The molecule has 1 saturated heterocycles. The maximum atomic E-state index is 5.40. The third kappa shape index (κ3) is 2.94. The van der Waals surface area contributed by atoms with E-state index in [1.807, 2.05) is 0 Å². The molecule has 2 aromatic heterocycles.